The molecule has 0 saturated carbocycles. The van der Waals surface area contributed by atoms with Gasteiger partial charge in [0.05, 0.1) is 35.6 Å². The fraction of sp³-hybridized carbons (Fsp3) is 0.276. The van der Waals surface area contributed by atoms with Crippen LogP contribution in [0.1, 0.15) is 39.0 Å². The minimum absolute atomic E-state index is 0. The largest absolute Gasteiger partial charge is 0.462 e. The van der Waals surface area contributed by atoms with Crippen molar-refractivity contribution in [2.24, 2.45) is 0 Å². The highest BCUT2D eigenvalue weighted by molar-refractivity contribution is 5.90. The van der Waals surface area contributed by atoms with E-state index in [4.69, 9.17) is 9.72 Å². The van der Waals surface area contributed by atoms with Gasteiger partial charge in [0.2, 0.25) is 0 Å². The Labute approximate surface area is 217 Å². The van der Waals surface area contributed by atoms with E-state index in [-0.39, 0.29) is 23.9 Å². The lowest BCUT2D eigenvalue weighted by atomic mass is 9.95. The summed E-state index contributed by atoms with van der Waals surface area (Å²) in [6.45, 7) is 3.47. The second-order valence-corrected chi connectivity index (χ2v) is 9.37. The summed E-state index contributed by atoms with van der Waals surface area (Å²) in [5, 5.41) is 1.11. The molecule has 3 heterocycles. The minimum Gasteiger partial charge on any atom is -0.462 e. The number of aromatic nitrogens is 2. The number of carbonyl (C=O) groups excluding carboxylic acids is 1. The van der Waals surface area contributed by atoms with Gasteiger partial charge < -0.3 is 14.2 Å². The van der Waals surface area contributed by atoms with E-state index in [0.717, 1.165) is 51.9 Å². The Bertz CT molecular complexity index is 1480. The first kappa shape index (κ1) is 25.6. The van der Waals surface area contributed by atoms with Gasteiger partial charge >= 0.3 is 5.97 Å². The van der Waals surface area contributed by atoms with Crippen molar-refractivity contribution in [2.75, 3.05) is 20.7 Å². The van der Waals surface area contributed by atoms with Crippen LogP contribution in [0.4, 0.5) is 0 Å². The number of hydrogen-bond acceptors (Lipinski definition) is 5. The molecule has 7 heteroatoms. The summed E-state index contributed by atoms with van der Waals surface area (Å²) >= 11 is 0. The number of rotatable bonds is 7. The molecule has 0 spiro atoms. The zero-order chi connectivity index (χ0) is 24.5. The molecule has 0 atom stereocenters. The van der Waals surface area contributed by atoms with Crippen molar-refractivity contribution in [3.63, 3.8) is 0 Å². The molecule has 0 radical (unpaired) electrons. The molecule has 0 bridgehead atoms. The quantitative estimate of drug-likeness (QED) is 0.231. The summed E-state index contributed by atoms with van der Waals surface area (Å²) in [6, 6.07) is 19.2. The van der Waals surface area contributed by atoms with E-state index in [9.17, 15) is 9.59 Å². The normalized spacial score (nSPS) is 11.8. The van der Waals surface area contributed by atoms with E-state index < -0.39 is 0 Å². The second-order valence-electron chi connectivity index (χ2n) is 9.37. The van der Waals surface area contributed by atoms with Gasteiger partial charge in [0.15, 0.2) is 0 Å². The van der Waals surface area contributed by atoms with Crippen LogP contribution < -0.4 is 5.56 Å². The smallest absolute Gasteiger partial charge is 0.338 e. The highest BCUT2D eigenvalue weighted by Crippen LogP contribution is 2.37. The number of esters is 1. The lowest BCUT2D eigenvalue weighted by Gasteiger charge is -2.16. The number of fused-ring (bicyclic) bond motifs is 4. The topological polar surface area (TPSA) is 64.4 Å². The monoisotopic (exact) mass is 503 g/mol. The van der Waals surface area contributed by atoms with Crippen molar-refractivity contribution in [2.45, 2.75) is 32.9 Å². The lowest BCUT2D eigenvalue weighted by molar-refractivity contribution is 0.0500. The number of carbonyl (C=O) groups is 1. The number of hydrogen-bond donors (Lipinski definition) is 0. The van der Waals surface area contributed by atoms with Crippen LogP contribution in [-0.2, 0) is 24.2 Å². The van der Waals surface area contributed by atoms with Crippen LogP contribution in [0, 0.1) is 6.92 Å². The van der Waals surface area contributed by atoms with Crippen LogP contribution in [-0.4, -0.2) is 41.1 Å². The Hall–Kier alpha value is -3.48. The summed E-state index contributed by atoms with van der Waals surface area (Å²) < 4.78 is 7.37. The van der Waals surface area contributed by atoms with Gasteiger partial charge in [-0.15, -0.1) is 12.4 Å². The van der Waals surface area contributed by atoms with Crippen LogP contribution in [0.2, 0.25) is 0 Å². The van der Waals surface area contributed by atoms with Crippen molar-refractivity contribution < 1.29 is 9.53 Å². The number of benzene rings is 2. The molecule has 1 aliphatic heterocycles. The molecule has 5 rings (SSSR count). The average Bonchev–Trinajstić information content (AvgIpc) is 3.23. The van der Waals surface area contributed by atoms with E-state index in [1.165, 1.54) is 5.56 Å². The summed E-state index contributed by atoms with van der Waals surface area (Å²) in [7, 11) is 4.09. The van der Waals surface area contributed by atoms with Crippen molar-refractivity contribution >= 4 is 29.3 Å². The van der Waals surface area contributed by atoms with E-state index in [0.29, 0.717) is 25.1 Å². The molecule has 1 aliphatic rings. The molecular formula is C29H30ClN3O3. The first-order valence-corrected chi connectivity index (χ1v) is 11.9. The van der Waals surface area contributed by atoms with Crippen LogP contribution >= 0.6 is 12.4 Å². The molecule has 4 aromatic rings. The summed E-state index contributed by atoms with van der Waals surface area (Å²) in [5.41, 5.74) is 7.47. The molecule has 0 N–H and O–H groups in total. The van der Waals surface area contributed by atoms with Gasteiger partial charge in [-0.05, 0) is 63.2 Å². The second kappa shape index (κ2) is 10.6. The molecule has 36 heavy (non-hydrogen) atoms. The molecule has 0 unspecified atom stereocenters. The molecule has 2 aromatic heterocycles. The van der Waals surface area contributed by atoms with Crippen LogP contribution in [0.5, 0.6) is 0 Å². The highest BCUT2D eigenvalue weighted by Gasteiger charge is 2.26. The predicted octanol–water partition coefficient (Wildman–Crippen LogP) is 5.01. The van der Waals surface area contributed by atoms with Crippen LogP contribution in [0.25, 0.3) is 22.3 Å². The summed E-state index contributed by atoms with van der Waals surface area (Å²) in [5.74, 6) is -0.307. The Balaban J connectivity index is 0.00000304. The molecule has 6 nitrogen and oxygen atoms in total. The van der Waals surface area contributed by atoms with Crippen molar-refractivity contribution in [3.05, 3.63) is 98.8 Å². The lowest BCUT2D eigenvalue weighted by Crippen LogP contribution is -2.20. The maximum Gasteiger partial charge on any atom is 0.338 e. The minimum atomic E-state index is -0.307. The van der Waals surface area contributed by atoms with E-state index in [1.807, 2.05) is 55.9 Å². The number of pyridine rings is 2. The molecular weight excluding hydrogens is 474 g/mol. The van der Waals surface area contributed by atoms with Crippen molar-refractivity contribution in [3.8, 4) is 11.4 Å². The van der Waals surface area contributed by atoms with Gasteiger partial charge in [0.25, 0.3) is 5.56 Å². The zero-order valence-electron chi connectivity index (χ0n) is 20.8. The van der Waals surface area contributed by atoms with Gasteiger partial charge in [-0.2, -0.15) is 0 Å². The Morgan fingerprint density at radius 2 is 1.83 bits per heavy atom. The molecule has 0 saturated heterocycles. The standard InChI is InChI=1S/C29H29N3O3.ClH/c1-19-14-15-25-27-24(18-32(25)28(19)33)22(13-8-16-35-29(34)20-9-5-4-6-10-20)23-12-7-11-21(17-31(2)3)26(23)30-27;/h4-7,9-12,14-15H,8,13,16-18H2,1-3H3;1H. The van der Waals surface area contributed by atoms with Gasteiger partial charge in [0.1, 0.15) is 0 Å². The highest BCUT2D eigenvalue weighted by atomic mass is 35.5. The molecule has 186 valence electrons. The third-order valence-corrected chi connectivity index (χ3v) is 6.54. The number of aryl methyl sites for hydroxylation is 2. The third-order valence-electron chi connectivity index (χ3n) is 6.54. The van der Waals surface area contributed by atoms with Crippen LogP contribution in [0.15, 0.2) is 65.5 Å². The fourth-order valence-electron chi connectivity index (χ4n) is 4.87. The Kier molecular flexibility index (Phi) is 7.57. The van der Waals surface area contributed by atoms with E-state index in [2.05, 4.69) is 23.1 Å². The molecule has 0 amide bonds. The maximum atomic E-state index is 12.9. The van der Waals surface area contributed by atoms with E-state index in [1.54, 1.807) is 12.1 Å². The fourth-order valence-corrected chi connectivity index (χ4v) is 4.87. The number of halogens is 1. The number of nitrogens with zero attached hydrogens (tertiary/aromatic N) is 3. The van der Waals surface area contributed by atoms with Gasteiger partial charge in [-0.1, -0.05) is 42.5 Å². The molecule has 2 aromatic carbocycles. The molecule has 0 aliphatic carbocycles. The van der Waals surface area contributed by atoms with Gasteiger partial charge in [0, 0.05) is 23.1 Å². The first-order chi connectivity index (χ1) is 16.9. The van der Waals surface area contributed by atoms with Crippen LogP contribution in [0.3, 0.4) is 0 Å². The van der Waals surface area contributed by atoms with Crippen molar-refractivity contribution in [1.29, 1.82) is 0 Å². The van der Waals surface area contributed by atoms with E-state index >= 15 is 0 Å². The van der Waals surface area contributed by atoms with Gasteiger partial charge in [-0.3, -0.25) is 4.79 Å². The summed E-state index contributed by atoms with van der Waals surface area (Å²) in [4.78, 5) is 32.5. The average molecular weight is 504 g/mol. The van der Waals surface area contributed by atoms with Crippen molar-refractivity contribution in [1.82, 2.24) is 14.5 Å². The zero-order valence-corrected chi connectivity index (χ0v) is 21.6. The summed E-state index contributed by atoms with van der Waals surface area (Å²) in [6.07, 6.45) is 1.42. The Morgan fingerprint density at radius 1 is 1.06 bits per heavy atom. The third kappa shape index (κ3) is 4.79. The first-order valence-electron chi connectivity index (χ1n) is 11.9. The maximum absolute atomic E-state index is 12.9. The number of ether oxygens (including phenoxy) is 1. The number of para-hydroxylation sites is 1. The predicted molar refractivity (Wildman–Crippen MR) is 145 cm³/mol. The van der Waals surface area contributed by atoms with Gasteiger partial charge in [-0.25, -0.2) is 9.78 Å². The Morgan fingerprint density at radius 3 is 2.58 bits per heavy atom. The molecule has 0 fully saturated rings. The SMILES string of the molecule is Cc1ccc2n(c1=O)Cc1c-2nc2c(CN(C)C)cccc2c1CCCOC(=O)c1ccccc1.Cl.